The van der Waals surface area contributed by atoms with Gasteiger partial charge in [-0.2, -0.15) is 15.0 Å². The van der Waals surface area contributed by atoms with Crippen LogP contribution in [0.3, 0.4) is 0 Å². The Morgan fingerprint density at radius 1 is 1.24 bits per heavy atom. The van der Waals surface area contributed by atoms with Crippen molar-refractivity contribution in [2.45, 2.75) is 39.3 Å². The van der Waals surface area contributed by atoms with Crippen LogP contribution in [0.5, 0.6) is 6.01 Å². The second kappa shape index (κ2) is 6.19. The van der Waals surface area contributed by atoms with Crippen molar-refractivity contribution < 1.29 is 4.74 Å². The second-order valence-corrected chi connectivity index (χ2v) is 6.06. The molecular weight excluding hydrogens is 290 g/mol. The summed E-state index contributed by atoms with van der Waals surface area (Å²) in [6.45, 7) is 7.78. The minimum absolute atomic E-state index is 0.0437. The molecule has 0 aliphatic carbocycles. The van der Waals surface area contributed by atoms with Gasteiger partial charge in [-0.15, -0.1) is 11.3 Å². The fourth-order valence-corrected chi connectivity index (χ4v) is 2.32. The third kappa shape index (κ3) is 3.99. The standard InChI is InChI=1S/C12H19N7OS/c1-7(2)20-11-16-9(15-10(17-11)19-13)18-12(3,4)8-14-5-6-21-8/h5-7H,13H2,1-4H3,(H2,15,16,17,18,19). The van der Waals surface area contributed by atoms with Gasteiger partial charge < -0.3 is 10.1 Å². The molecule has 8 nitrogen and oxygen atoms in total. The predicted octanol–water partition coefficient (Wildman–Crippen LogP) is 1.75. The summed E-state index contributed by atoms with van der Waals surface area (Å²) in [4.78, 5) is 16.8. The topological polar surface area (TPSA) is 111 Å². The van der Waals surface area contributed by atoms with Crippen molar-refractivity contribution >= 4 is 23.2 Å². The van der Waals surface area contributed by atoms with Crippen LogP contribution in [0.15, 0.2) is 11.6 Å². The predicted molar refractivity (Wildman–Crippen MR) is 82.2 cm³/mol. The molecule has 0 radical (unpaired) electrons. The van der Waals surface area contributed by atoms with Crippen molar-refractivity contribution in [2.75, 3.05) is 10.7 Å². The summed E-state index contributed by atoms with van der Waals surface area (Å²) in [5.74, 6) is 5.98. The van der Waals surface area contributed by atoms with E-state index in [1.807, 2.05) is 33.1 Å². The Hall–Kier alpha value is -2.00. The van der Waals surface area contributed by atoms with E-state index in [2.05, 4.69) is 30.7 Å². The SMILES string of the molecule is CC(C)Oc1nc(NN)nc(NC(C)(C)c2nccs2)n1. The lowest BCUT2D eigenvalue weighted by Gasteiger charge is -2.24. The highest BCUT2D eigenvalue weighted by molar-refractivity contribution is 7.09. The largest absolute Gasteiger partial charge is 0.461 e. The van der Waals surface area contributed by atoms with Crippen LogP contribution in [0.25, 0.3) is 0 Å². The van der Waals surface area contributed by atoms with E-state index in [0.29, 0.717) is 5.95 Å². The number of ether oxygens (including phenoxy) is 1. The summed E-state index contributed by atoms with van der Waals surface area (Å²) >= 11 is 1.56. The maximum absolute atomic E-state index is 5.49. The van der Waals surface area contributed by atoms with E-state index in [1.165, 1.54) is 0 Å². The number of aromatic nitrogens is 4. The highest BCUT2D eigenvalue weighted by Gasteiger charge is 2.25. The average Bonchev–Trinajstić information content (AvgIpc) is 2.91. The maximum Gasteiger partial charge on any atom is 0.323 e. The Balaban J connectivity index is 2.26. The van der Waals surface area contributed by atoms with Crippen molar-refractivity contribution in [2.24, 2.45) is 5.84 Å². The Bertz CT molecular complexity index is 585. The molecule has 0 aliphatic rings. The summed E-state index contributed by atoms with van der Waals surface area (Å²) < 4.78 is 5.49. The van der Waals surface area contributed by atoms with Gasteiger partial charge in [0.2, 0.25) is 11.9 Å². The molecule has 0 amide bonds. The first-order valence-corrected chi connectivity index (χ1v) is 7.36. The molecule has 4 N–H and O–H groups in total. The lowest BCUT2D eigenvalue weighted by molar-refractivity contribution is 0.222. The van der Waals surface area contributed by atoms with Crippen molar-refractivity contribution in [1.29, 1.82) is 0 Å². The lowest BCUT2D eigenvalue weighted by atomic mass is 10.1. The Labute approximate surface area is 127 Å². The molecule has 114 valence electrons. The highest BCUT2D eigenvalue weighted by atomic mass is 32.1. The number of nitrogens with one attached hydrogen (secondary N) is 2. The van der Waals surface area contributed by atoms with Crippen LogP contribution in [-0.4, -0.2) is 26.0 Å². The van der Waals surface area contributed by atoms with Crippen molar-refractivity contribution in [3.63, 3.8) is 0 Å². The van der Waals surface area contributed by atoms with Gasteiger partial charge in [-0.05, 0) is 27.7 Å². The van der Waals surface area contributed by atoms with Crippen LogP contribution in [0, 0.1) is 0 Å². The zero-order valence-corrected chi connectivity index (χ0v) is 13.2. The molecule has 2 rings (SSSR count). The van der Waals surface area contributed by atoms with Gasteiger partial charge in [0.05, 0.1) is 11.6 Å². The van der Waals surface area contributed by atoms with Crippen molar-refractivity contribution in [3.05, 3.63) is 16.6 Å². The zero-order valence-electron chi connectivity index (χ0n) is 12.4. The van der Waals surface area contributed by atoms with Crippen LogP contribution < -0.4 is 21.3 Å². The second-order valence-electron chi connectivity index (χ2n) is 5.16. The molecule has 0 saturated carbocycles. The van der Waals surface area contributed by atoms with Crippen LogP contribution in [-0.2, 0) is 5.54 Å². The lowest BCUT2D eigenvalue weighted by Crippen LogP contribution is -2.29. The molecule has 0 fully saturated rings. The summed E-state index contributed by atoms with van der Waals surface area (Å²) in [7, 11) is 0. The molecule has 0 atom stereocenters. The van der Waals surface area contributed by atoms with Crippen LogP contribution in [0.4, 0.5) is 11.9 Å². The number of hydrogen-bond acceptors (Lipinski definition) is 9. The smallest absolute Gasteiger partial charge is 0.323 e. The quantitative estimate of drug-likeness (QED) is 0.546. The number of nitrogens with two attached hydrogens (primary N) is 1. The van der Waals surface area contributed by atoms with Gasteiger partial charge >= 0.3 is 6.01 Å². The maximum atomic E-state index is 5.49. The molecule has 0 unspecified atom stereocenters. The van der Waals surface area contributed by atoms with E-state index in [0.717, 1.165) is 5.01 Å². The highest BCUT2D eigenvalue weighted by Crippen LogP contribution is 2.26. The van der Waals surface area contributed by atoms with Crippen LogP contribution in [0.1, 0.15) is 32.7 Å². The number of nitrogens with zero attached hydrogens (tertiary/aromatic N) is 4. The number of hydrogen-bond donors (Lipinski definition) is 3. The van der Waals surface area contributed by atoms with E-state index < -0.39 is 5.54 Å². The molecule has 2 aromatic rings. The van der Waals surface area contributed by atoms with E-state index in [9.17, 15) is 0 Å². The normalized spacial score (nSPS) is 11.5. The van der Waals surface area contributed by atoms with Crippen molar-refractivity contribution in [1.82, 2.24) is 19.9 Å². The van der Waals surface area contributed by atoms with Gasteiger partial charge in [0.15, 0.2) is 0 Å². The van der Waals surface area contributed by atoms with Gasteiger partial charge in [-0.3, -0.25) is 5.43 Å². The van der Waals surface area contributed by atoms with Gasteiger partial charge in [0.1, 0.15) is 5.01 Å². The molecule has 0 aliphatic heterocycles. The number of hydrazine groups is 1. The minimum Gasteiger partial charge on any atom is -0.461 e. The average molecular weight is 309 g/mol. The molecule has 9 heteroatoms. The van der Waals surface area contributed by atoms with E-state index in [-0.39, 0.29) is 18.1 Å². The molecule has 2 aromatic heterocycles. The first-order valence-electron chi connectivity index (χ1n) is 6.48. The molecule has 21 heavy (non-hydrogen) atoms. The molecule has 2 heterocycles. The van der Waals surface area contributed by atoms with Gasteiger partial charge in [-0.25, -0.2) is 10.8 Å². The number of nitrogen functional groups attached to an aromatic ring is 1. The van der Waals surface area contributed by atoms with Gasteiger partial charge in [0, 0.05) is 11.6 Å². The van der Waals surface area contributed by atoms with E-state index in [4.69, 9.17) is 10.6 Å². The molecular formula is C12H19N7OS. The van der Waals surface area contributed by atoms with Gasteiger partial charge in [-0.1, -0.05) is 0 Å². The fourth-order valence-electron chi connectivity index (χ4n) is 1.61. The van der Waals surface area contributed by atoms with Gasteiger partial charge in [0.25, 0.3) is 0 Å². The third-order valence-electron chi connectivity index (χ3n) is 2.48. The number of rotatable bonds is 6. The third-order valence-corrected chi connectivity index (χ3v) is 3.57. The Kier molecular flexibility index (Phi) is 4.53. The molecule has 0 spiro atoms. The first-order chi connectivity index (χ1) is 9.90. The number of thiazole rings is 1. The van der Waals surface area contributed by atoms with Crippen LogP contribution >= 0.6 is 11.3 Å². The summed E-state index contributed by atoms with van der Waals surface area (Å²) in [6, 6.07) is 0.213. The van der Waals surface area contributed by atoms with E-state index >= 15 is 0 Å². The number of anilines is 2. The summed E-state index contributed by atoms with van der Waals surface area (Å²) in [6.07, 6.45) is 1.72. The molecule has 0 saturated heterocycles. The Morgan fingerprint density at radius 2 is 1.95 bits per heavy atom. The summed E-state index contributed by atoms with van der Waals surface area (Å²) in [5, 5.41) is 6.07. The van der Waals surface area contributed by atoms with Crippen molar-refractivity contribution in [3.8, 4) is 6.01 Å². The Morgan fingerprint density at radius 3 is 2.52 bits per heavy atom. The zero-order chi connectivity index (χ0) is 15.5. The van der Waals surface area contributed by atoms with Crippen LogP contribution in [0.2, 0.25) is 0 Å². The summed E-state index contributed by atoms with van der Waals surface area (Å²) in [5.41, 5.74) is 1.99. The minimum atomic E-state index is -0.420. The molecule has 0 aromatic carbocycles. The fraction of sp³-hybridized carbons (Fsp3) is 0.500. The molecule has 0 bridgehead atoms. The monoisotopic (exact) mass is 309 g/mol. The first kappa shape index (κ1) is 15.4. The van der Waals surface area contributed by atoms with E-state index in [1.54, 1.807) is 17.5 Å².